The molecular formula is C56H39NS. The van der Waals surface area contributed by atoms with E-state index >= 15 is 0 Å². The molecule has 2 heteroatoms. The summed E-state index contributed by atoms with van der Waals surface area (Å²) >= 11 is 1.93. The molecule has 1 spiro atoms. The van der Waals surface area contributed by atoms with Gasteiger partial charge < -0.3 is 4.90 Å². The monoisotopic (exact) mass is 757 g/mol. The van der Waals surface area contributed by atoms with Crippen LogP contribution in [0.2, 0.25) is 0 Å². The highest BCUT2D eigenvalue weighted by Gasteiger charge is 2.50. The number of hydrogen-bond acceptors (Lipinski definition) is 2. The molecule has 0 saturated heterocycles. The van der Waals surface area contributed by atoms with Crippen LogP contribution in [0, 0.1) is 0 Å². The molecule has 1 aliphatic heterocycles. The molecule has 0 bridgehead atoms. The van der Waals surface area contributed by atoms with Crippen LogP contribution in [0.25, 0.3) is 44.2 Å². The summed E-state index contributed by atoms with van der Waals surface area (Å²) in [6, 6.07) is 74.8. The Morgan fingerprint density at radius 3 is 1.59 bits per heavy atom. The van der Waals surface area contributed by atoms with Gasteiger partial charge >= 0.3 is 0 Å². The van der Waals surface area contributed by atoms with Gasteiger partial charge in [0.2, 0.25) is 0 Å². The number of nitrogens with zero attached hydrogens (tertiary/aromatic N) is 1. The van der Waals surface area contributed by atoms with Gasteiger partial charge in [0, 0.05) is 32.3 Å². The molecule has 12 rings (SSSR count). The summed E-state index contributed by atoms with van der Waals surface area (Å²) in [6.07, 6.45) is 0. The molecule has 0 unspecified atom stereocenters. The van der Waals surface area contributed by atoms with Crippen molar-refractivity contribution in [3.05, 3.63) is 234 Å². The molecule has 1 heterocycles. The largest absolute Gasteiger partial charge is 0.310 e. The van der Waals surface area contributed by atoms with Crippen molar-refractivity contribution >= 4 is 39.6 Å². The second-order valence-corrected chi connectivity index (χ2v) is 17.5. The van der Waals surface area contributed by atoms with Crippen molar-refractivity contribution < 1.29 is 0 Å². The van der Waals surface area contributed by atoms with E-state index in [9.17, 15) is 0 Å². The third-order valence-corrected chi connectivity index (χ3v) is 14.4. The van der Waals surface area contributed by atoms with Crippen molar-refractivity contribution in [2.45, 2.75) is 34.5 Å². The molecule has 9 aromatic rings. The minimum Gasteiger partial charge on any atom is -0.310 e. The summed E-state index contributed by atoms with van der Waals surface area (Å²) < 4.78 is 0. The summed E-state index contributed by atoms with van der Waals surface area (Å²) in [5.74, 6) is 0. The van der Waals surface area contributed by atoms with Crippen molar-refractivity contribution in [2.24, 2.45) is 0 Å². The van der Waals surface area contributed by atoms with Gasteiger partial charge in [-0.05, 0) is 126 Å². The molecule has 0 N–H and O–H groups in total. The molecule has 58 heavy (non-hydrogen) atoms. The van der Waals surface area contributed by atoms with Gasteiger partial charge in [0.25, 0.3) is 0 Å². The van der Waals surface area contributed by atoms with Gasteiger partial charge in [-0.15, -0.1) is 0 Å². The molecule has 3 aliphatic rings. The molecule has 1 nitrogen and oxygen atoms in total. The number of fused-ring (bicyclic) bond motifs is 14. The number of para-hydroxylation sites is 1. The highest BCUT2D eigenvalue weighted by Crippen LogP contribution is 2.63. The maximum Gasteiger partial charge on any atom is 0.0735 e. The third kappa shape index (κ3) is 4.55. The van der Waals surface area contributed by atoms with E-state index in [1.54, 1.807) is 0 Å². The molecule has 9 aromatic carbocycles. The van der Waals surface area contributed by atoms with E-state index < -0.39 is 5.41 Å². The van der Waals surface area contributed by atoms with Crippen molar-refractivity contribution in [1.82, 2.24) is 0 Å². The normalized spacial score (nSPS) is 14.6. The first kappa shape index (κ1) is 33.5. The van der Waals surface area contributed by atoms with Gasteiger partial charge in [0.05, 0.1) is 5.41 Å². The van der Waals surface area contributed by atoms with Crippen molar-refractivity contribution in [3.8, 4) is 33.4 Å². The Hall–Kier alpha value is -6.61. The Kier molecular flexibility index (Phi) is 7.19. The van der Waals surface area contributed by atoms with Crippen LogP contribution in [0.3, 0.4) is 0 Å². The molecule has 0 fully saturated rings. The lowest BCUT2D eigenvalue weighted by Gasteiger charge is -2.40. The Morgan fingerprint density at radius 1 is 0.362 bits per heavy atom. The Bertz CT molecular complexity index is 3080. The second kappa shape index (κ2) is 12.4. The highest BCUT2D eigenvalue weighted by atomic mass is 32.2. The first-order chi connectivity index (χ1) is 28.5. The predicted molar refractivity (Wildman–Crippen MR) is 243 cm³/mol. The van der Waals surface area contributed by atoms with Gasteiger partial charge in [-0.2, -0.15) is 0 Å². The summed E-state index contributed by atoms with van der Waals surface area (Å²) in [4.78, 5) is 5.07. The van der Waals surface area contributed by atoms with Gasteiger partial charge in [0.1, 0.15) is 0 Å². The van der Waals surface area contributed by atoms with Gasteiger partial charge in [0.15, 0.2) is 0 Å². The first-order valence-corrected chi connectivity index (χ1v) is 21.1. The number of benzene rings is 9. The molecule has 274 valence electrons. The van der Waals surface area contributed by atoms with Crippen LogP contribution in [0.4, 0.5) is 17.1 Å². The zero-order chi connectivity index (χ0) is 38.6. The molecule has 0 saturated carbocycles. The zero-order valence-electron chi connectivity index (χ0n) is 32.4. The highest BCUT2D eigenvalue weighted by molar-refractivity contribution is 7.99. The minimum atomic E-state index is -0.436. The van der Waals surface area contributed by atoms with E-state index in [2.05, 4.69) is 219 Å². The average Bonchev–Trinajstić information content (AvgIpc) is 3.70. The first-order valence-electron chi connectivity index (χ1n) is 20.3. The van der Waals surface area contributed by atoms with Crippen molar-refractivity contribution in [2.75, 3.05) is 4.90 Å². The van der Waals surface area contributed by atoms with E-state index in [-0.39, 0.29) is 5.41 Å². The van der Waals surface area contributed by atoms with E-state index in [1.807, 2.05) is 11.8 Å². The smallest absolute Gasteiger partial charge is 0.0735 e. The summed E-state index contributed by atoms with van der Waals surface area (Å²) in [7, 11) is 0. The van der Waals surface area contributed by atoms with Crippen molar-refractivity contribution in [1.29, 1.82) is 0 Å². The van der Waals surface area contributed by atoms with Crippen LogP contribution in [0.1, 0.15) is 47.2 Å². The van der Waals surface area contributed by atoms with Gasteiger partial charge in [-0.3, -0.25) is 0 Å². The van der Waals surface area contributed by atoms with E-state index in [1.165, 1.54) is 87.3 Å². The van der Waals surface area contributed by atoms with E-state index in [0.717, 1.165) is 17.1 Å². The summed E-state index contributed by atoms with van der Waals surface area (Å²) in [5.41, 5.74) is 18.9. The van der Waals surface area contributed by atoms with E-state index in [4.69, 9.17) is 0 Å². The van der Waals surface area contributed by atoms with Crippen LogP contribution >= 0.6 is 11.8 Å². The lowest BCUT2D eigenvalue weighted by atomic mass is 9.66. The zero-order valence-corrected chi connectivity index (χ0v) is 33.2. The maximum absolute atomic E-state index is 2.53. The number of rotatable bonds is 4. The quantitative estimate of drug-likeness (QED) is 0.176. The second-order valence-electron chi connectivity index (χ2n) is 16.4. The van der Waals surface area contributed by atoms with Crippen LogP contribution in [0.15, 0.2) is 210 Å². The van der Waals surface area contributed by atoms with Crippen LogP contribution < -0.4 is 4.90 Å². The van der Waals surface area contributed by atoms with Crippen LogP contribution in [0.5, 0.6) is 0 Å². The van der Waals surface area contributed by atoms with E-state index in [0.29, 0.717) is 0 Å². The number of anilines is 3. The molecule has 0 amide bonds. The standard InChI is InChI=1S/C56H39NS/c1-55(2)47-23-11-8-19-41(47)44-33-32-39(34-51(44)55)57(37-16-4-3-5-17-37)38-30-28-36(29-31-38)46-35-52-54(45-22-7-6-18-40(45)46)58-53-27-15-14-26-50(53)56(52)48-24-12-9-20-42(48)43-21-10-13-25-49(43)56/h3-35H,1-2H3. The minimum absolute atomic E-state index is 0.0852. The molecule has 0 aromatic heterocycles. The molecule has 0 radical (unpaired) electrons. The average molecular weight is 758 g/mol. The van der Waals surface area contributed by atoms with Crippen molar-refractivity contribution in [3.63, 3.8) is 0 Å². The lowest BCUT2D eigenvalue weighted by molar-refractivity contribution is 0.660. The van der Waals surface area contributed by atoms with Gasteiger partial charge in [-0.1, -0.05) is 177 Å². The maximum atomic E-state index is 2.53. The predicted octanol–water partition coefficient (Wildman–Crippen LogP) is 15.1. The van der Waals surface area contributed by atoms with Crippen LogP contribution in [-0.4, -0.2) is 0 Å². The Morgan fingerprint density at radius 2 is 0.879 bits per heavy atom. The fraction of sp³-hybridized carbons (Fsp3) is 0.0714. The Balaban J connectivity index is 1.05. The topological polar surface area (TPSA) is 3.24 Å². The summed E-state index contributed by atoms with van der Waals surface area (Å²) in [6.45, 7) is 4.71. The SMILES string of the molecule is CC1(C)c2ccccc2-c2ccc(N(c3ccccc3)c3ccc(-c4cc5c(c6ccccc46)Sc4ccccc4C54c5ccccc5-c5ccccc54)cc3)cc21. The Labute approximate surface area is 344 Å². The molecular weight excluding hydrogens is 719 g/mol. The lowest BCUT2D eigenvalue weighted by Crippen LogP contribution is -2.32. The van der Waals surface area contributed by atoms with Gasteiger partial charge in [-0.25, -0.2) is 0 Å². The fourth-order valence-corrected chi connectivity index (χ4v) is 11.9. The molecule has 2 aliphatic carbocycles. The third-order valence-electron chi connectivity index (χ3n) is 13.1. The fourth-order valence-electron chi connectivity index (χ4n) is 10.6. The number of hydrogen-bond donors (Lipinski definition) is 0. The molecule has 0 atom stereocenters. The van der Waals surface area contributed by atoms with Crippen LogP contribution in [-0.2, 0) is 10.8 Å². The summed E-state index contributed by atoms with van der Waals surface area (Å²) in [5, 5.41) is 2.57.